The van der Waals surface area contributed by atoms with Crippen LogP contribution in [0.4, 0.5) is 0 Å². The lowest BCUT2D eigenvalue weighted by atomic mass is 9.84. The van der Waals surface area contributed by atoms with Gasteiger partial charge in [-0.05, 0) is 0 Å². The van der Waals surface area contributed by atoms with Gasteiger partial charge in [0.25, 0.3) is 0 Å². The Morgan fingerprint density at radius 2 is 2.08 bits per heavy atom. The van der Waals surface area contributed by atoms with Crippen LogP contribution in [0.2, 0.25) is 0 Å². The highest BCUT2D eigenvalue weighted by molar-refractivity contribution is 5.85. The number of rotatable bonds is 2. The molecule has 2 aliphatic rings. The molecule has 2 fully saturated rings. The van der Waals surface area contributed by atoms with Gasteiger partial charge in [0.05, 0.1) is 0 Å². The number of fused-ring (bicyclic) bond motifs is 2. The van der Waals surface area contributed by atoms with E-state index in [4.69, 9.17) is 0 Å². The van der Waals surface area contributed by atoms with E-state index in [9.17, 15) is 4.79 Å². The first-order valence-corrected chi connectivity index (χ1v) is 4.89. The van der Waals surface area contributed by atoms with Crippen molar-refractivity contribution in [3.63, 3.8) is 0 Å². The topological polar surface area (TPSA) is 32.3 Å². The van der Waals surface area contributed by atoms with Crippen molar-refractivity contribution in [2.75, 3.05) is 32.7 Å². The van der Waals surface area contributed by atoms with E-state index in [2.05, 4.69) is 16.8 Å². The number of nitrogens with one attached hydrogen (secondary N) is 1. The summed E-state index contributed by atoms with van der Waals surface area (Å²) < 4.78 is 0. The zero-order valence-electron chi connectivity index (χ0n) is 7.83. The van der Waals surface area contributed by atoms with Crippen LogP contribution in [0.15, 0.2) is 12.7 Å². The lowest BCUT2D eigenvalue weighted by molar-refractivity contribution is -0.132. The molecule has 2 saturated heterocycles. The van der Waals surface area contributed by atoms with Gasteiger partial charge in [-0.25, -0.2) is 0 Å². The predicted octanol–water partition coefficient (Wildman–Crippen LogP) is -0.107. The summed E-state index contributed by atoms with van der Waals surface area (Å²) >= 11 is 0. The summed E-state index contributed by atoms with van der Waals surface area (Å²) in [5, 5.41) is 3.31. The molecule has 0 aromatic rings. The molecular formula is C10H16N2O. The first-order chi connectivity index (χ1) is 6.31. The third-order valence-corrected chi connectivity index (χ3v) is 2.93. The largest absolute Gasteiger partial charge is 0.315 e. The first kappa shape index (κ1) is 8.91. The van der Waals surface area contributed by atoms with Crippen molar-refractivity contribution in [3.05, 3.63) is 12.7 Å². The number of piperidine rings is 2. The Morgan fingerprint density at radius 1 is 1.46 bits per heavy atom. The molecular weight excluding hydrogens is 164 g/mol. The van der Waals surface area contributed by atoms with E-state index in [0.717, 1.165) is 32.7 Å². The Hall–Kier alpha value is -0.670. The molecule has 3 nitrogen and oxygen atoms in total. The van der Waals surface area contributed by atoms with Crippen LogP contribution in [-0.4, -0.2) is 43.4 Å². The Bertz CT molecular complexity index is 211. The van der Waals surface area contributed by atoms with Gasteiger partial charge in [-0.15, -0.1) is 6.58 Å². The van der Waals surface area contributed by atoms with Crippen LogP contribution in [0, 0.1) is 11.8 Å². The van der Waals surface area contributed by atoms with Gasteiger partial charge in [0.1, 0.15) is 5.78 Å². The third kappa shape index (κ3) is 1.67. The molecule has 2 atom stereocenters. The van der Waals surface area contributed by atoms with Crippen molar-refractivity contribution in [1.29, 1.82) is 0 Å². The second-order valence-electron chi connectivity index (χ2n) is 3.96. The Morgan fingerprint density at radius 3 is 2.62 bits per heavy atom. The van der Waals surface area contributed by atoms with E-state index in [1.54, 1.807) is 0 Å². The minimum atomic E-state index is 0.229. The fourth-order valence-electron chi connectivity index (χ4n) is 2.30. The SMILES string of the molecule is C=CCN1CC2CNCC(C1)C2=O. The molecule has 72 valence electrons. The molecule has 2 rings (SSSR count). The highest BCUT2D eigenvalue weighted by atomic mass is 16.1. The minimum Gasteiger partial charge on any atom is -0.315 e. The summed E-state index contributed by atoms with van der Waals surface area (Å²) in [5.74, 6) is 0.930. The molecule has 0 aromatic heterocycles. The summed E-state index contributed by atoms with van der Waals surface area (Å²) in [6.45, 7) is 8.19. The average molecular weight is 180 g/mol. The smallest absolute Gasteiger partial charge is 0.144 e. The minimum absolute atomic E-state index is 0.229. The fraction of sp³-hybridized carbons (Fsp3) is 0.700. The normalized spacial score (nSPS) is 34.6. The van der Waals surface area contributed by atoms with Gasteiger partial charge in [-0.2, -0.15) is 0 Å². The molecule has 0 saturated carbocycles. The summed E-state index contributed by atoms with van der Waals surface area (Å²) in [5.41, 5.74) is 0. The lowest BCUT2D eigenvalue weighted by Crippen LogP contribution is -2.56. The number of hydrogen-bond donors (Lipinski definition) is 1. The van der Waals surface area contributed by atoms with E-state index in [1.165, 1.54) is 0 Å². The first-order valence-electron chi connectivity index (χ1n) is 4.89. The van der Waals surface area contributed by atoms with Crippen molar-refractivity contribution in [1.82, 2.24) is 10.2 Å². The molecule has 2 unspecified atom stereocenters. The van der Waals surface area contributed by atoms with Gasteiger partial charge in [-0.1, -0.05) is 6.08 Å². The molecule has 0 aliphatic carbocycles. The Balaban J connectivity index is 2.03. The maximum Gasteiger partial charge on any atom is 0.144 e. The summed E-state index contributed by atoms with van der Waals surface area (Å²) in [6, 6.07) is 0. The second kappa shape index (κ2) is 3.60. The standard InChI is InChI=1S/C10H16N2O/c1-2-3-12-6-8-4-11-5-9(7-12)10(8)13/h2,8-9,11H,1,3-7H2. The quantitative estimate of drug-likeness (QED) is 0.602. The van der Waals surface area contributed by atoms with Crippen molar-refractivity contribution < 1.29 is 4.79 Å². The van der Waals surface area contributed by atoms with Crippen LogP contribution in [0.1, 0.15) is 0 Å². The molecule has 3 heteroatoms. The second-order valence-corrected chi connectivity index (χ2v) is 3.96. The monoisotopic (exact) mass is 180 g/mol. The maximum absolute atomic E-state index is 11.7. The van der Waals surface area contributed by atoms with Crippen LogP contribution in [0.5, 0.6) is 0 Å². The van der Waals surface area contributed by atoms with E-state index < -0.39 is 0 Å². The third-order valence-electron chi connectivity index (χ3n) is 2.93. The van der Waals surface area contributed by atoms with Crippen LogP contribution < -0.4 is 5.32 Å². The van der Waals surface area contributed by atoms with Gasteiger partial charge >= 0.3 is 0 Å². The summed E-state index contributed by atoms with van der Waals surface area (Å²) in [7, 11) is 0. The summed E-state index contributed by atoms with van der Waals surface area (Å²) in [4.78, 5) is 14.0. The predicted molar refractivity (Wildman–Crippen MR) is 51.5 cm³/mol. The highest BCUT2D eigenvalue weighted by Crippen LogP contribution is 2.20. The van der Waals surface area contributed by atoms with E-state index in [0.29, 0.717) is 5.78 Å². The van der Waals surface area contributed by atoms with Gasteiger partial charge in [0.15, 0.2) is 0 Å². The van der Waals surface area contributed by atoms with Crippen LogP contribution in [-0.2, 0) is 4.79 Å². The zero-order chi connectivity index (χ0) is 9.26. The number of carbonyl (C=O) groups excluding carboxylic acids is 1. The van der Waals surface area contributed by atoms with E-state index >= 15 is 0 Å². The van der Waals surface area contributed by atoms with Crippen molar-refractivity contribution in [3.8, 4) is 0 Å². The molecule has 2 bridgehead atoms. The molecule has 0 spiro atoms. The van der Waals surface area contributed by atoms with E-state index in [1.807, 2.05) is 6.08 Å². The van der Waals surface area contributed by atoms with Crippen LogP contribution in [0.3, 0.4) is 0 Å². The summed E-state index contributed by atoms with van der Waals surface area (Å²) in [6.07, 6.45) is 1.92. The molecule has 2 aliphatic heterocycles. The highest BCUT2D eigenvalue weighted by Gasteiger charge is 2.37. The lowest BCUT2D eigenvalue weighted by Gasteiger charge is -2.39. The average Bonchev–Trinajstić information content (AvgIpc) is 2.07. The van der Waals surface area contributed by atoms with Gasteiger partial charge in [0.2, 0.25) is 0 Å². The molecule has 0 aromatic carbocycles. The number of ketones is 1. The van der Waals surface area contributed by atoms with Crippen LogP contribution >= 0.6 is 0 Å². The number of hydrogen-bond acceptors (Lipinski definition) is 3. The Labute approximate surface area is 78.8 Å². The van der Waals surface area contributed by atoms with Crippen molar-refractivity contribution >= 4 is 5.78 Å². The van der Waals surface area contributed by atoms with Gasteiger partial charge < -0.3 is 5.32 Å². The molecule has 1 N–H and O–H groups in total. The fourth-order valence-corrected chi connectivity index (χ4v) is 2.30. The number of carbonyl (C=O) groups is 1. The van der Waals surface area contributed by atoms with E-state index in [-0.39, 0.29) is 11.8 Å². The van der Waals surface area contributed by atoms with Crippen molar-refractivity contribution in [2.45, 2.75) is 0 Å². The molecule has 2 heterocycles. The van der Waals surface area contributed by atoms with Crippen LogP contribution in [0.25, 0.3) is 0 Å². The number of likely N-dealkylation sites (tertiary alicyclic amines) is 1. The van der Waals surface area contributed by atoms with Gasteiger partial charge in [0, 0.05) is 44.6 Å². The maximum atomic E-state index is 11.7. The van der Waals surface area contributed by atoms with Crippen molar-refractivity contribution in [2.24, 2.45) is 11.8 Å². The zero-order valence-corrected chi connectivity index (χ0v) is 7.83. The molecule has 0 radical (unpaired) electrons. The molecule has 13 heavy (non-hydrogen) atoms. The number of nitrogens with zero attached hydrogens (tertiary/aromatic N) is 1. The molecule has 0 amide bonds. The Kier molecular flexibility index (Phi) is 2.47. The van der Waals surface area contributed by atoms with Gasteiger partial charge in [-0.3, -0.25) is 9.69 Å². The number of Topliss-reactive ketones (excluding diaryl/α,β-unsaturated/α-hetero) is 1.